The van der Waals surface area contributed by atoms with Gasteiger partial charge in [-0.05, 0) is 101 Å². The van der Waals surface area contributed by atoms with E-state index in [1.165, 1.54) is 47.9 Å². The average molecular weight is 438 g/mol. The maximum atomic E-state index is 6.05. The number of fused-ring (bicyclic) bond motifs is 5. The van der Waals surface area contributed by atoms with Crippen molar-refractivity contribution in [3.63, 3.8) is 0 Å². The standard InChI is InChI=1S/C24H21Cl.C6H7N/c25-20-10-5-16(6-11-20)18-8-12-22-19(15-18)9-14-23-21-4-2-1-3-17(21)7-13-24(22)23;1-2-4-6-7-5-3-1/h1-6,9-11,14,18H,7-8,12-13,15H2;1-7H. The highest BCUT2D eigenvalue weighted by Crippen LogP contribution is 2.41. The lowest BCUT2D eigenvalue weighted by atomic mass is 9.74. The molecular formula is C30H28ClN. The van der Waals surface area contributed by atoms with E-state index in [0.29, 0.717) is 5.92 Å². The van der Waals surface area contributed by atoms with Crippen molar-refractivity contribution in [2.45, 2.75) is 38.0 Å². The molecule has 32 heavy (non-hydrogen) atoms. The number of aryl methyl sites for hydroxylation is 1. The molecule has 1 heterocycles. The van der Waals surface area contributed by atoms with Gasteiger partial charge in [-0.1, -0.05) is 72.3 Å². The SMILES string of the molecule is C1=CC=CNC=C1.Clc1ccc(C2CCc3c(ccc4c3CCc3ccccc3-4)C2)cc1. The molecule has 0 fully saturated rings. The van der Waals surface area contributed by atoms with E-state index >= 15 is 0 Å². The van der Waals surface area contributed by atoms with Crippen LogP contribution in [0.1, 0.15) is 40.2 Å². The van der Waals surface area contributed by atoms with Crippen LogP contribution in [0.3, 0.4) is 0 Å². The Kier molecular flexibility index (Phi) is 6.27. The first-order valence-electron chi connectivity index (χ1n) is 11.5. The Hall–Kier alpha value is -3.03. The normalized spacial score (nSPS) is 17.7. The topological polar surface area (TPSA) is 12.0 Å². The molecule has 160 valence electrons. The highest BCUT2D eigenvalue weighted by atomic mass is 35.5. The van der Waals surface area contributed by atoms with Crippen LogP contribution in [-0.2, 0) is 25.7 Å². The van der Waals surface area contributed by atoms with E-state index in [9.17, 15) is 0 Å². The third-order valence-corrected chi connectivity index (χ3v) is 7.00. The first-order valence-corrected chi connectivity index (χ1v) is 11.9. The van der Waals surface area contributed by atoms with Crippen molar-refractivity contribution in [2.24, 2.45) is 0 Å². The number of nitrogens with one attached hydrogen (secondary N) is 1. The van der Waals surface area contributed by atoms with Gasteiger partial charge in [-0.3, -0.25) is 0 Å². The lowest BCUT2D eigenvalue weighted by Gasteiger charge is -2.30. The van der Waals surface area contributed by atoms with E-state index in [1.54, 1.807) is 16.7 Å². The molecule has 1 unspecified atom stereocenters. The van der Waals surface area contributed by atoms with Gasteiger partial charge >= 0.3 is 0 Å². The van der Waals surface area contributed by atoms with Crippen molar-refractivity contribution < 1.29 is 0 Å². The van der Waals surface area contributed by atoms with Gasteiger partial charge in [-0.2, -0.15) is 0 Å². The lowest BCUT2D eigenvalue weighted by Crippen LogP contribution is -2.17. The molecule has 0 spiro atoms. The summed E-state index contributed by atoms with van der Waals surface area (Å²) in [5, 5.41) is 3.75. The quantitative estimate of drug-likeness (QED) is 0.414. The third-order valence-electron chi connectivity index (χ3n) is 6.75. The van der Waals surface area contributed by atoms with Gasteiger partial charge in [0.2, 0.25) is 0 Å². The number of hydrogen-bond donors (Lipinski definition) is 1. The van der Waals surface area contributed by atoms with Gasteiger partial charge in [-0.15, -0.1) is 0 Å². The predicted molar refractivity (Wildman–Crippen MR) is 136 cm³/mol. The molecule has 2 aliphatic carbocycles. The van der Waals surface area contributed by atoms with E-state index in [1.807, 2.05) is 48.8 Å². The van der Waals surface area contributed by atoms with Crippen molar-refractivity contribution >= 4 is 11.6 Å². The summed E-state index contributed by atoms with van der Waals surface area (Å²) >= 11 is 6.05. The van der Waals surface area contributed by atoms with Crippen LogP contribution in [0.2, 0.25) is 5.02 Å². The van der Waals surface area contributed by atoms with Crippen molar-refractivity contribution in [1.29, 1.82) is 0 Å². The summed E-state index contributed by atoms with van der Waals surface area (Å²) in [6.45, 7) is 0. The summed E-state index contributed by atoms with van der Waals surface area (Å²) in [6.07, 6.45) is 17.6. The van der Waals surface area contributed by atoms with Crippen LogP contribution < -0.4 is 5.32 Å². The molecule has 3 aliphatic rings. The molecule has 3 aromatic carbocycles. The highest BCUT2D eigenvalue weighted by molar-refractivity contribution is 6.30. The van der Waals surface area contributed by atoms with Crippen molar-refractivity contribution in [3.05, 3.63) is 130 Å². The fourth-order valence-corrected chi connectivity index (χ4v) is 5.28. The molecule has 3 aromatic rings. The van der Waals surface area contributed by atoms with E-state index in [4.69, 9.17) is 11.6 Å². The van der Waals surface area contributed by atoms with Crippen molar-refractivity contribution in [1.82, 2.24) is 5.32 Å². The zero-order valence-electron chi connectivity index (χ0n) is 18.2. The summed E-state index contributed by atoms with van der Waals surface area (Å²) in [4.78, 5) is 0. The first-order chi connectivity index (χ1) is 15.8. The third kappa shape index (κ3) is 4.45. The van der Waals surface area contributed by atoms with Crippen LogP contribution in [0.4, 0.5) is 0 Å². The van der Waals surface area contributed by atoms with Crippen LogP contribution >= 0.6 is 11.6 Å². The van der Waals surface area contributed by atoms with Gasteiger partial charge in [0.05, 0.1) is 0 Å². The van der Waals surface area contributed by atoms with Gasteiger partial charge < -0.3 is 5.32 Å². The zero-order chi connectivity index (χ0) is 21.8. The zero-order valence-corrected chi connectivity index (χ0v) is 19.0. The monoisotopic (exact) mass is 437 g/mol. The Morgan fingerprint density at radius 1 is 0.656 bits per heavy atom. The second kappa shape index (κ2) is 9.63. The van der Waals surface area contributed by atoms with Crippen LogP contribution in [0.5, 0.6) is 0 Å². The fourth-order valence-electron chi connectivity index (χ4n) is 5.15. The van der Waals surface area contributed by atoms with Gasteiger partial charge in [-0.25, -0.2) is 0 Å². The molecule has 6 rings (SSSR count). The second-order valence-corrected chi connectivity index (χ2v) is 9.08. The molecule has 0 amide bonds. The molecular weight excluding hydrogens is 410 g/mol. The van der Waals surface area contributed by atoms with Crippen molar-refractivity contribution in [2.75, 3.05) is 0 Å². The number of hydrogen-bond acceptors (Lipinski definition) is 1. The molecule has 1 nitrogen and oxygen atoms in total. The molecule has 0 bridgehead atoms. The van der Waals surface area contributed by atoms with Crippen LogP contribution in [-0.4, -0.2) is 0 Å². The van der Waals surface area contributed by atoms with Crippen LogP contribution in [0.25, 0.3) is 11.1 Å². The molecule has 2 heteroatoms. The highest BCUT2D eigenvalue weighted by Gasteiger charge is 2.26. The number of allylic oxidation sites excluding steroid dienone is 4. The van der Waals surface area contributed by atoms with E-state index in [0.717, 1.165) is 11.4 Å². The minimum atomic E-state index is 0.624. The fraction of sp³-hybridized carbons (Fsp3) is 0.200. The molecule has 0 radical (unpaired) electrons. The Morgan fingerprint density at radius 3 is 2.25 bits per heavy atom. The number of rotatable bonds is 1. The van der Waals surface area contributed by atoms with Gasteiger partial charge in [0.1, 0.15) is 0 Å². The summed E-state index contributed by atoms with van der Waals surface area (Å²) in [5.74, 6) is 0.624. The molecule has 0 saturated carbocycles. The number of halogens is 1. The Bertz CT molecular complexity index is 1170. The van der Waals surface area contributed by atoms with E-state index in [-0.39, 0.29) is 0 Å². The average Bonchev–Trinajstić information content (AvgIpc) is 3.17. The first kappa shape index (κ1) is 20.8. The summed E-state index contributed by atoms with van der Waals surface area (Å²) in [5.41, 5.74) is 10.7. The summed E-state index contributed by atoms with van der Waals surface area (Å²) < 4.78 is 0. The second-order valence-electron chi connectivity index (χ2n) is 8.65. The Balaban J connectivity index is 0.000000265. The van der Waals surface area contributed by atoms with E-state index in [2.05, 4.69) is 53.8 Å². The molecule has 0 aromatic heterocycles. The maximum absolute atomic E-state index is 6.05. The van der Waals surface area contributed by atoms with Gasteiger partial charge in [0.15, 0.2) is 0 Å². The van der Waals surface area contributed by atoms with E-state index < -0.39 is 0 Å². The van der Waals surface area contributed by atoms with Gasteiger partial charge in [0.25, 0.3) is 0 Å². The minimum absolute atomic E-state index is 0.624. The molecule has 1 N–H and O–H groups in total. The minimum Gasteiger partial charge on any atom is -0.368 e. The molecule has 1 atom stereocenters. The molecule has 0 saturated heterocycles. The summed E-state index contributed by atoms with van der Waals surface area (Å²) in [7, 11) is 0. The summed E-state index contributed by atoms with van der Waals surface area (Å²) in [6, 6.07) is 22.1. The smallest absolute Gasteiger partial charge is 0.0406 e. The van der Waals surface area contributed by atoms with Crippen molar-refractivity contribution in [3.8, 4) is 11.1 Å². The predicted octanol–water partition coefficient (Wildman–Crippen LogP) is 7.55. The molecule has 1 aliphatic heterocycles. The largest absolute Gasteiger partial charge is 0.368 e. The Morgan fingerprint density at radius 2 is 1.44 bits per heavy atom. The van der Waals surface area contributed by atoms with Crippen LogP contribution in [0.15, 0.2) is 97.4 Å². The van der Waals surface area contributed by atoms with Crippen LogP contribution in [0, 0.1) is 0 Å². The van der Waals surface area contributed by atoms with Gasteiger partial charge in [0, 0.05) is 17.4 Å². The lowest BCUT2D eigenvalue weighted by molar-refractivity contribution is 0.580. The maximum Gasteiger partial charge on any atom is 0.0406 e. The Labute approximate surface area is 196 Å². The number of benzene rings is 3.